The Morgan fingerprint density at radius 3 is 2.37 bits per heavy atom. The van der Waals surface area contributed by atoms with Crippen molar-refractivity contribution in [1.29, 1.82) is 0 Å². The number of hydrogen-bond donors (Lipinski definition) is 3. The molecule has 1 aromatic heterocycles. The minimum atomic E-state index is -1.15. The summed E-state index contributed by atoms with van der Waals surface area (Å²) < 4.78 is 6.91. The standard InChI is InChI=1S/C25H25N5O5/c31-23(26-9-10-30-13-22(24(32)33)28-29-30)20-11-15(20)12-27-25(34)35-14-21-18-7-3-1-5-16(18)17-6-2-4-8-19(17)21/h1-8,13,15,20-21H,9-12,14H2,(H,26,31)(H,27,34)(H,32,33)/t15-,20-/m1/s1. The van der Waals surface area contributed by atoms with Gasteiger partial charge in [-0.3, -0.25) is 4.79 Å². The number of nitrogens with zero attached hydrogens (tertiary/aromatic N) is 3. The van der Waals surface area contributed by atoms with Crippen LogP contribution in [0.2, 0.25) is 0 Å². The molecule has 35 heavy (non-hydrogen) atoms. The molecule has 0 saturated heterocycles. The summed E-state index contributed by atoms with van der Waals surface area (Å²) in [6, 6.07) is 16.3. The molecule has 10 nitrogen and oxygen atoms in total. The fourth-order valence-electron chi connectivity index (χ4n) is 4.59. The van der Waals surface area contributed by atoms with Crippen molar-refractivity contribution < 1.29 is 24.2 Å². The van der Waals surface area contributed by atoms with E-state index in [1.807, 2.05) is 24.3 Å². The second kappa shape index (κ2) is 9.57. The van der Waals surface area contributed by atoms with E-state index in [4.69, 9.17) is 9.84 Å². The van der Waals surface area contributed by atoms with Crippen molar-refractivity contribution in [2.75, 3.05) is 19.7 Å². The summed E-state index contributed by atoms with van der Waals surface area (Å²) in [7, 11) is 0. The average Bonchev–Trinajstić information content (AvgIpc) is 3.36. The molecular formula is C25H25N5O5. The van der Waals surface area contributed by atoms with Crippen LogP contribution in [0.3, 0.4) is 0 Å². The topological polar surface area (TPSA) is 135 Å². The van der Waals surface area contributed by atoms with Crippen LogP contribution in [0.4, 0.5) is 4.79 Å². The maximum absolute atomic E-state index is 12.3. The van der Waals surface area contributed by atoms with E-state index < -0.39 is 12.1 Å². The van der Waals surface area contributed by atoms with Crippen molar-refractivity contribution in [1.82, 2.24) is 25.6 Å². The first kappa shape index (κ1) is 22.6. The summed E-state index contributed by atoms with van der Waals surface area (Å²) >= 11 is 0. The van der Waals surface area contributed by atoms with Gasteiger partial charge in [0.25, 0.3) is 0 Å². The monoisotopic (exact) mass is 475 g/mol. The van der Waals surface area contributed by atoms with Gasteiger partial charge in [-0.05, 0) is 34.6 Å². The second-order valence-corrected chi connectivity index (χ2v) is 8.77. The Morgan fingerprint density at radius 2 is 1.71 bits per heavy atom. The van der Waals surface area contributed by atoms with Crippen LogP contribution >= 0.6 is 0 Å². The van der Waals surface area contributed by atoms with Crippen LogP contribution in [-0.4, -0.2) is 57.8 Å². The highest BCUT2D eigenvalue weighted by atomic mass is 16.5. The van der Waals surface area contributed by atoms with E-state index in [1.165, 1.54) is 22.0 Å². The molecule has 180 valence electrons. The molecule has 2 amide bonds. The first-order valence-corrected chi connectivity index (χ1v) is 11.5. The number of carbonyl (C=O) groups is 3. The summed E-state index contributed by atoms with van der Waals surface area (Å²) in [5.41, 5.74) is 4.53. The molecule has 0 bridgehead atoms. The number of benzene rings is 2. The van der Waals surface area contributed by atoms with Gasteiger partial charge < -0.3 is 20.5 Å². The van der Waals surface area contributed by atoms with Crippen molar-refractivity contribution in [3.8, 4) is 11.1 Å². The van der Waals surface area contributed by atoms with E-state index in [-0.39, 0.29) is 36.0 Å². The minimum Gasteiger partial charge on any atom is -0.476 e. The number of hydrogen-bond acceptors (Lipinski definition) is 6. The molecule has 3 aromatic rings. The number of nitrogens with one attached hydrogen (secondary N) is 2. The quantitative estimate of drug-likeness (QED) is 0.432. The average molecular weight is 476 g/mol. The van der Waals surface area contributed by atoms with Gasteiger partial charge in [-0.2, -0.15) is 0 Å². The zero-order valence-corrected chi connectivity index (χ0v) is 18.9. The third kappa shape index (κ3) is 4.86. The van der Waals surface area contributed by atoms with Gasteiger partial charge in [0, 0.05) is 24.9 Å². The van der Waals surface area contributed by atoms with E-state index in [9.17, 15) is 14.4 Å². The molecule has 2 aliphatic rings. The van der Waals surface area contributed by atoms with Crippen molar-refractivity contribution >= 4 is 18.0 Å². The number of carboxylic acids is 1. The largest absolute Gasteiger partial charge is 0.476 e. The van der Waals surface area contributed by atoms with Gasteiger partial charge in [0.15, 0.2) is 5.69 Å². The number of alkyl carbamates (subject to hydrolysis) is 1. The summed E-state index contributed by atoms with van der Waals surface area (Å²) in [4.78, 5) is 35.4. The Kier molecular flexibility index (Phi) is 6.17. The molecule has 0 aliphatic heterocycles. The predicted molar refractivity (Wildman–Crippen MR) is 125 cm³/mol. The van der Waals surface area contributed by atoms with Crippen LogP contribution in [0.1, 0.15) is 34.0 Å². The van der Waals surface area contributed by atoms with Gasteiger partial charge in [-0.25, -0.2) is 14.3 Å². The lowest BCUT2D eigenvalue weighted by Crippen LogP contribution is -2.31. The number of rotatable bonds is 9. The number of ether oxygens (including phenoxy) is 1. The van der Waals surface area contributed by atoms with Crippen LogP contribution in [-0.2, 0) is 16.1 Å². The molecule has 1 fully saturated rings. The number of aromatic nitrogens is 3. The van der Waals surface area contributed by atoms with Crippen LogP contribution in [0, 0.1) is 11.8 Å². The van der Waals surface area contributed by atoms with Gasteiger partial charge in [0.05, 0.1) is 12.7 Å². The third-order valence-electron chi connectivity index (χ3n) is 6.51. The van der Waals surface area contributed by atoms with Gasteiger partial charge in [0.1, 0.15) is 6.61 Å². The van der Waals surface area contributed by atoms with Gasteiger partial charge >= 0.3 is 12.1 Å². The fourth-order valence-corrected chi connectivity index (χ4v) is 4.59. The lowest BCUT2D eigenvalue weighted by molar-refractivity contribution is -0.122. The van der Waals surface area contributed by atoms with Crippen molar-refractivity contribution in [3.05, 3.63) is 71.5 Å². The predicted octanol–water partition coefficient (Wildman–Crippen LogP) is 2.27. The number of carbonyl (C=O) groups excluding carboxylic acids is 2. The Hall–Kier alpha value is -4.21. The fraction of sp³-hybridized carbons (Fsp3) is 0.320. The lowest BCUT2D eigenvalue weighted by atomic mass is 9.98. The Labute approximate surface area is 201 Å². The normalized spacial score (nSPS) is 17.8. The minimum absolute atomic E-state index is 0.00386. The number of amides is 2. The molecule has 0 radical (unpaired) electrons. The zero-order valence-electron chi connectivity index (χ0n) is 18.9. The molecular weight excluding hydrogens is 450 g/mol. The van der Waals surface area contributed by atoms with Gasteiger partial charge in [-0.1, -0.05) is 53.7 Å². The van der Waals surface area contributed by atoms with Gasteiger partial charge in [0.2, 0.25) is 5.91 Å². The molecule has 5 rings (SSSR count). The summed E-state index contributed by atoms with van der Waals surface area (Å²) in [6.07, 6.45) is 1.52. The van der Waals surface area contributed by atoms with Crippen molar-refractivity contribution in [2.45, 2.75) is 18.9 Å². The number of carboxylic acid groups (broad SMARTS) is 1. The first-order valence-electron chi connectivity index (χ1n) is 11.5. The van der Waals surface area contributed by atoms with E-state index in [0.717, 1.165) is 11.1 Å². The van der Waals surface area contributed by atoms with Gasteiger partial charge in [-0.15, -0.1) is 5.10 Å². The molecule has 0 spiro atoms. The van der Waals surface area contributed by atoms with Crippen molar-refractivity contribution in [3.63, 3.8) is 0 Å². The van der Waals surface area contributed by atoms with Crippen LogP contribution < -0.4 is 10.6 Å². The molecule has 2 aromatic carbocycles. The number of aromatic carboxylic acids is 1. The van der Waals surface area contributed by atoms with Crippen LogP contribution in [0.15, 0.2) is 54.7 Å². The highest BCUT2D eigenvalue weighted by Gasteiger charge is 2.42. The molecule has 0 unspecified atom stereocenters. The molecule has 2 aliphatic carbocycles. The highest BCUT2D eigenvalue weighted by Crippen LogP contribution is 2.44. The lowest BCUT2D eigenvalue weighted by Gasteiger charge is -2.14. The molecule has 1 saturated carbocycles. The Morgan fingerprint density at radius 1 is 1.03 bits per heavy atom. The maximum Gasteiger partial charge on any atom is 0.407 e. The molecule has 10 heteroatoms. The first-order chi connectivity index (χ1) is 17.0. The molecule has 3 N–H and O–H groups in total. The van der Waals surface area contributed by atoms with E-state index in [0.29, 0.717) is 26.1 Å². The molecule has 2 atom stereocenters. The smallest absolute Gasteiger partial charge is 0.407 e. The van der Waals surface area contributed by atoms with Crippen molar-refractivity contribution in [2.24, 2.45) is 11.8 Å². The Balaban J connectivity index is 1.03. The maximum atomic E-state index is 12.3. The number of fused-ring (bicyclic) bond motifs is 3. The van der Waals surface area contributed by atoms with Crippen LogP contribution in [0.5, 0.6) is 0 Å². The summed E-state index contributed by atoms with van der Waals surface area (Å²) in [5.74, 6) is -1.33. The zero-order chi connectivity index (χ0) is 24.4. The van der Waals surface area contributed by atoms with E-state index in [2.05, 4.69) is 45.2 Å². The van der Waals surface area contributed by atoms with E-state index in [1.54, 1.807) is 0 Å². The Bertz CT molecular complexity index is 1230. The SMILES string of the molecule is O=C(NC[C@H]1C[C@H]1C(=O)NCCn1cc(C(=O)O)nn1)OCC1c2ccccc2-c2ccccc21. The second-order valence-electron chi connectivity index (χ2n) is 8.77. The summed E-state index contributed by atoms with van der Waals surface area (Å²) in [6.45, 7) is 1.26. The van der Waals surface area contributed by atoms with Crippen LogP contribution in [0.25, 0.3) is 11.1 Å². The third-order valence-corrected chi connectivity index (χ3v) is 6.51. The highest BCUT2D eigenvalue weighted by molar-refractivity contribution is 5.84. The molecule has 1 heterocycles. The van der Waals surface area contributed by atoms with E-state index >= 15 is 0 Å². The summed E-state index contributed by atoms with van der Waals surface area (Å²) in [5, 5.41) is 21.7.